The number of benzene rings is 1. The van der Waals surface area contributed by atoms with Crippen LogP contribution >= 0.6 is 0 Å². The fourth-order valence-corrected chi connectivity index (χ4v) is 1.09. The Morgan fingerprint density at radius 1 is 1.07 bits per heavy atom. The normalized spacial score (nSPS) is 10.4. The second-order valence-electron chi connectivity index (χ2n) is 2.95. The molecule has 0 spiro atoms. The largest absolute Gasteiger partial charge is 0.503 e. The van der Waals surface area contributed by atoms with Crippen LogP contribution in [0, 0.1) is 17.5 Å². The molecule has 0 radical (unpaired) electrons. The van der Waals surface area contributed by atoms with E-state index in [2.05, 4.69) is 0 Å². The minimum atomic E-state index is -1.68. The van der Waals surface area contributed by atoms with Crippen molar-refractivity contribution >= 4 is 11.4 Å². The number of aromatic hydroxyl groups is 1. The van der Waals surface area contributed by atoms with Crippen LogP contribution in [0.1, 0.15) is 0 Å². The van der Waals surface area contributed by atoms with E-state index in [0.29, 0.717) is 0 Å². The van der Waals surface area contributed by atoms with Gasteiger partial charge in [-0.05, 0) is 0 Å². The van der Waals surface area contributed by atoms with Crippen molar-refractivity contribution in [2.75, 3.05) is 24.7 Å². The van der Waals surface area contributed by atoms with Crippen molar-refractivity contribution in [3.05, 3.63) is 17.5 Å². The number of nitrogen functional groups attached to an aromatic ring is 1. The average Bonchev–Trinajstić information content (AvgIpc) is 2.11. The van der Waals surface area contributed by atoms with Crippen molar-refractivity contribution in [3.63, 3.8) is 0 Å². The summed E-state index contributed by atoms with van der Waals surface area (Å²) in [7, 11) is 2.79. The Morgan fingerprint density at radius 3 is 2.00 bits per heavy atom. The third-order valence-corrected chi connectivity index (χ3v) is 1.76. The number of nitrogens with two attached hydrogens (primary N) is 1. The van der Waals surface area contributed by atoms with E-state index in [9.17, 15) is 13.2 Å². The molecule has 6 heteroatoms. The van der Waals surface area contributed by atoms with E-state index >= 15 is 0 Å². The van der Waals surface area contributed by atoms with E-state index in [1.165, 1.54) is 14.1 Å². The minimum Gasteiger partial charge on any atom is -0.503 e. The molecular weight excluding hydrogens is 197 g/mol. The molecule has 0 heterocycles. The van der Waals surface area contributed by atoms with Gasteiger partial charge in [0.1, 0.15) is 5.69 Å². The third-order valence-electron chi connectivity index (χ3n) is 1.76. The van der Waals surface area contributed by atoms with Crippen molar-refractivity contribution < 1.29 is 18.3 Å². The van der Waals surface area contributed by atoms with Gasteiger partial charge in [0.2, 0.25) is 5.82 Å². The number of hydrogen-bond acceptors (Lipinski definition) is 3. The monoisotopic (exact) mass is 206 g/mol. The molecule has 1 aromatic carbocycles. The highest BCUT2D eigenvalue weighted by molar-refractivity contribution is 5.71. The molecule has 0 saturated heterocycles. The first kappa shape index (κ1) is 10.5. The summed E-state index contributed by atoms with van der Waals surface area (Å²) in [5.41, 5.74) is 4.11. The van der Waals surface area contributed by atoms with E-state index in [-0.39, 0.29) is 5.69 Å². The number of phenolic OH excluding ortho intramolecular Hbond substituents is 1. The lowest BCUT2D eigenvalue weighted by Crippen LogP contribution is -2.15. The number of halogens is 3. The van der Waals surface area contributed by atoms with E-state index < -0.39 is 28.9 Å². The van der Waals surface area contributed by atoms with Crippen LogP contribution in [0.2, 0.25) is 0 Å². The Labute approximate surface area is 78.6 Å². The molecule has 0 bridgehead atoms. The van der Waals surface area contributed by atoms with Crippen molar-refractivity contribution in [2.24, 2.45) is 0 Å². The molecule has 0 amide bonds. The van der Waals surface area contributed by atoms with Crippen molar-refractivity contribution in [1.29, 1.82) is 0 Å². The highest BCUT2D eigenvalue weighted by Crippen LogP contribution is 2.36. The second-order valence-corrected chi connectivity index (χ2v) is 2.95. The van der Waals surface area contributed by atoms with Gasteiger partial charge in [-0.25, -0.2) is 8.78 Å². The van der Waals surface area contributed by atoms with Crippen molar-refractivity contribution in [2.45, 2.75) is 0 Å². The van der Waals surface area contributed by atoms with Gasteiger partial charge in [0.15, 0.2) is 17.4 Å². The Balaban J connectivity index is 3.60. The highest BCUT2D eigenvalue weighted by atomic mass is 19.2. The van der Waals surface area contributed by atoms with Crippen molar-refractivity contribution in [1.82, 2.24) is 0 Å². The fraction of sp³-hybridized carbons (Fsp3) is 0.250. The molecule has 0 aromatic heterocycles. The fourth-order valence-electron chi connectivity index (χ4n) is 1.09. The molecule has 0 aliphatic heterocycles. The first-order chi connectivity index (χ1) is 6.37. The zero-order chi connectivity index (χ0) is 11.0. The lowest BCUT2D eigenvalue weighted by atomic mass is 10.2. The van der Waals surface area contributed by atoms with Gasteiger partial charge >= 0.3 is 0 Å². The van der Waals surface area contributed by atoms with E-state index in [0.717, 1.165) is 4.90 Å². The molecule has 3 nitrogen and oxygen atoms in total. The Morgan fingerprint density at radius 2 is 1.57 bits per heavy atom. The summed E-state index contributed by atoms with van der Waals surface area (Å²) in [5.74, 6) is -5.76. The molecule has 78 valence electrons. The lowest BCUT2D eigenvalue weighted by molar-refractivity contribution is 0.378. The third kappa shape index (κ3) is 1.32. The van der Waals surface area contributed by atoms with Gasteiger partial charge in [-0.2, -0.15) is 4.39 Å². The number of nitrogens with zero attached hydrogens (tertiary/aromatic N) is 1. The molecule has 0 atom stereocenters. The van der Waals surface area contributed by atoms with Crippen LogP contribution in [0.5, 0.6) is 5.75 Å². The zero-order valence-electron chi connectivity index (χ0n) is 7.61. The molecular formula is C8H9F3N2O. The molecule has 0 fully saturated rings. The maximum atomic E-state index is 13.2. The predicted molar refractivity (Wildman–Crippen MR) is 46.7 cm³/mol. The van der Waals surface area contributed by atoms with Gasteiger partial charge < -0.3 is 15.7 Å². The lowest BCUT2D eigenvalue weighted by Gasteiger charge is -2.17. The van der Waals surface area contributed by atoms with Gasteiger partial charge in [-0.1, -0.05) is 0 Å². The van der Waals surface area contributed by atoms with E-state index in [1.54, 1.807) is 0 Å². The number of anilines is 2. The molecule has 0 saturated carbocycles. The molecule has 0 aliphatic carbocycles. The van der Waals surface area contributed by atoms with Crippen LogP contribution in [-0.2, 0) is 0 Å². The summed E-state index contributed by atoms with van der Waals surface area (Å²) in [4.78, 5) is 1.15. The van der Waals surface area contributed by atoms with E-state index in [1.807, 2.05) is 0 Å². The second kappa shape index (κ2) is 3.28. The van der Waals surface area contributed by atoms with E-state index in [4.69, 9.17) is 10.8 Å². The van der Waals surface area contributed by atoms with Gasteiger partial charge in [0.25, 0.3) is 0 Å². The summed E-state index contributed by atoms with van der Waals surface area (Å²) >= 11 is 0. The molecule has 1 rings (SSSR count). The summed E-state index contributed by atoms with van der Waals surface area (Å²) in [6.45, 7) is 0. The first-order valence-electron chi connectivity index (χ1n) is 3.70. The highest BCUT2D eigenvalue weighted by Gasteiger charge is 2.23. The summed E-state index contributed by atoms with van der Waals surface area (Å²) < 4.78 is 38.8. The predicted octanol–water partition coefficient (Wildman–Crippen LogP) is 1.46. The van der Waals surface area contributed by atoms with Gasteiger partial charge in [-0.3, -0.25) is 0 Å². The average molecular weight is 206 g/mol. The standard InChI is InChI=1S/C8H9F3N2O/c1-13(2)7-5(11)8(14)4(10)3(9)6(7)12/h14H,12H2,1-2H3. The van der Waals surface area contributed by atoms with Gasteiger partial charge in [0.05, 0.1) is 5.69 Å². The molecule has 0 aliphatic rings. The minimum absolute atomic E-state index is 0.374. The molecule has 3 N–H and O–H groups in total. The van der Waals surface area contributed by atoms with Gasteiger partial charge in [0, 0.05) is 14.1 Å². The number of hydrogen-bond donors (Lipinski definition) is 2. The molecule has 0 unspecified atom stereocenters. The van der Waals surface area contributed by atoms with Crippen LogP contribution in [0.25, 0.3) is 0 Å². The Kier molecular flexibility index (Phi) is 2.46. The Bertz CT molecular complexity index is 350. The maximum absolute atomic E-state index is 13.2. The van der Waals surface area contributed by atoms with Crippen LogP contribution in [0.4, 0.5) is 24.5 Å². The first-order valence-corrected chi connectivity index (χ1v) is 3.70. The van der Waals surface area contributed by atoms with Crippen molar-refractivity contribution in [3.8, 4) is 5.75 Å². The Hall–Kier alpha value is -1.59. The topological polar surface area (TPSA) is 49.5 Å². The number of rotatable bonds is 1. The SMILES string of the molecule is CN(C)c1c(N)c(F)c(F)c(O)c1F. The van der Waals surface area contributed by atoms with Crippen LogP contribution in [-0.4, -0.2) is 19.2 Å². The summed E-state index contributed by atoms with van der Waals surface area (Å²) in [5, 5.41) is 8.87. The maximum Gasteiger partial charge on any atom is 0.205 e. The molecule has 14 heavy (non-hydrogen) atoms. The summed E-state index contributed by atoms with van der Waals surface area (Å²) in [6, 6.07) is 0. The van der Waals surface area contributed by atoms with Gasteiger partial charge in [-0.15, -0.1) is 0 Å². The smallest absolute Gasteiger partial charge is 0.205 e. The zero-order valence-corrected chi connectivity index (χ0v) is 7.61. The summed E-state index contributed by atoms with van der Waals surface area (Å²) in [6.07, 6.45) is 0. The quantitative estimate of drug-likeness (QED) is 0.415. The van der Waals surface area contributed by atoms with Crippen LogP contribution in [0.15, 0.2) is 0 Å². The van der Waals surface area contributed by atoms with Crippen LogP contribution < -0.4 is 10.6 Å². The number of phenols is 1. The molecule has 1 aromatic rings. The van der Waals surface area contributed by atoms with Crippen LogP contribution in [0.3, 0.4) is 0 Å².